The molecule has 6 atom stereocenters. The lowest BCUT2D eigenvalue weighted by Crippen LogP contribution is -2.47. The number of hydrogen-bond donors (Lipinski definition) is 6. The molecule has 3 aliphatic heterocycles. The Morgan fingerprint density at radius 1 is 0.538 bits per heavy atom. The topological polar surface area (TPSA) is 375 Å². The number of benzene rings is 3. The summed E-state index contributed by atoms with van der Waals surface area (Å²) in [6, 6.07) is 22.2. The van der Waals surface area contributed by atoms with Crippen LogP contribution in [0.3, 0.4) is 0 Å². The fraction of sp³-hybridized carbons (Fsp3) is 0.476. The van der Waals surface area contributed by atoms with Gasteiger partial charge in [0.2, 0.25) is 0 Å². The first-order valence-corrected chi connectivity index (χ1v) is 34.6. The third-order valence-electron chi connectivity index (χ3n) is 13.6. The van der Waals surface area contributed by atoms with Crippen molar-refractivity contribution < 1.29 is 99.1 Å². The Labute approximate surface area is 540 Å². The van der Waals surface area contributed by atoms with E-state index in [1.54, 1.807) is 13.8 Å². The fourth-order valence-electron chi connectivity index (χ4n) is 8.00. The SMILES string of the molecule is C#CCCO.CC(CC1CC(c2ccc(C#CCCO)cc2)=NO1)(C(=O)O)S(C)(=O)=O.CCOC(=O)C(C)(CC1CC(c2ccc(Br)cc2)=NO1)S(C)(=O)=O.CCOC(=O)C(C)(CC1CC(c2ccc(C#CCCO)cc2)=NO1)S(C)(=O)=O.O=C(O)C#CCCO. The van der Waals surface area contributed by atoms with Gasteiger partial charge in [0.05, 0.1) is 56.8 Å². The van der Waals surface area contributed by atoms with Gasteiger partial charge >= 0.3 is 23.9 Å². The maximum atomic E-state index is 12.3. The van der Waals surface area contributed by atoms with Crippen molar-refractivity contribution in [3.8, 4) is 47.9 Å². The number of nitrogens with zero attached hydrogens (tertiary/aromatic N) is 3. The summed E-state index contributed by atoms with van der Waals surface area (Å²) in [5, 5.41) is 62.8. The summed E-state index contributed by atoms with van der Waals surface area (Å²) in [5.41, 5.74) is 6.20. The molecule has 3 heterocycles. The van der Waals surface area contributed by atoms with Gasteiger partial charge < -0.3 is 54.6 Å². The first kappa shape index (κ1) is 79.5. The van der Waals surface area contributed by atoms with E-state index in [0.29, 0.717) is 49.9 Å². The molecule has 6 rings (SSSR count). The summed E-state index contributed by atoms with van der Waals surface area (Å²) in [5.74, 6) is 13.8. The van der Waals surface area contributed by atoms with Crippen LogP contribution in [0.25, 0.3) is 0 Å². The minimum Gasteiger partial charge on any atom is -0.480 e. The summed E-state index contributed by atoms with van der Waals surface area (Å²) in [6.45, 7) is 7.49. The van der Waals surface area contributed by atoms with Gasteiger partial charge in [-0.3, -0.25) is 14.4 Å². The quantitative estimate of drug-likeness (QED) is 0.0602. The number of terminal acetylenes is 1. The van der Waals surface area contributed by atoms with E-state index in [0.717, 1.165) is 56.8 Å². The number of carboxylic acid groups (broad SMARTS) is 2. The highest BCUT2D eigenvalue weighted by Crippen LogP contribution is 2.33. The van der Waals surface area contributed by atoms with Crippen LogP contribution in [0.15, 0.2) is 92.7 Å². The minimum absolute atomic E-state index is 0.00576. The zero-order valence-electron chi connectivity index (χ0n) is 51.8. The molecule has 3 aliphatic rings. The molecule has 91 heavy (non-hydrogen) atoms. The standard InChI is InChI=1S/C20H25NO6S.C18H21NO6S.C16H20BrNO5S.C5H6O3.C4H6O/c1-4-26-19(23)20(2,28(3,24)25)14-17-13-18(21-27-17)16-10-8-15(9-11-16)7-5-6-12-22;1-18(17(21)22,26(2,23)24)12-15-11-16(19-25-15)14-8-6-13(7-9-14)5-3-4-10-20;1-4-22-15(19)16(2,24(3,20)21)10-13-9-14(18-23-13)11-5-7-12(17)8-6-11;6-4-2-1-3-5(7)8;1-2-3-4-5/h8-11,17,22H,4,6,12-14H2,1-3H3;6-9,15,20H,4,10-12H2,1-2H3,(H,21,22);5-8,13H,4,9-10H2,1-3H3;6H,2,4H2,(H,7,8);1,5H,3-4H2. The highest BCUT2D eigenvalue weighted by molar-refractivity contribution is 9.10. The molecular formula is C63H78BrN3O21S3. The van der Waals surface area contributed by atoms with E-state index in [4.69, 9.17) is 55.9 Å². The lowest BCUT2D eigenvalue weighted by Gasteiger charge is -2.27. The Hall–Kier alpha value is -7.64. The Balaban J connectivity index is 0.000000423. The number of rotatable bonds is 21. The number of halogens is 1. The highest BCUT2D eigenvalue weighted by atomic mass is 79.9. The van der Waals surface area contributed by atoms with Crippen LogP contribution in [-0.4, -0.2) is 188 Å². The number of carbonyl (C=O) groups excluding carboxylic acids is 2. The summed E-state index contributed by atoms with van der Waals surface area (Å²) < 4.78 is 78.1. The molecule has 6 N–H and O–H groups in total. The van der Waals surface area contributed by atoms with Crippen molar-refractivity contribution in [3.05, 3.63) is 105 Å². The van der Waals surface area contributed by atoms with Crippen LogP contribution < -0.4 is 0 Å². The highest BCUT2D eigenvalue weighted by Gasteiger charge is 2.50. The monoisotopic (exact) mass is 1390 g/mol. The van der Waals surface area contributed by atoms with Gasteiger partial charge in [0.15, 0.2) is 43.8 Å². The molecule has 0 saturated heterocycles. The lowest BCUT2D eigenvalue weighted by molar-refractivity contribution is -0.147. The number of carbonyl (C=O) groups is 4. The fourth-order valence-corrected chi connectivity index (χ4v) is 10.8. The van der Waals surface area contributed by atoms with Gasteiger partial charge in [-0.05, 0) is 87.7 Å². The molecule has 6 unspecified atom stereocenters. The third-order valence-corrected chi connectivity index (χ3v) is 20.1. The molecule has 0 amide bonds. The van der Waals surface area contributed by atoms with E-state index in [1.165, 1.54) is 20.8 Å². The second-order valence-corrected chi connectivity index (χ2v) is 29.0. The zero-order valence-corrected chi connectivity index (χ0v) is 55.8. The van der Waals surface area contributed by atoms with Crippen LogP contribution in [0.5, 0.6) is 0 Å². The Bertz CT molecular complexity index is 3630. The summed E-state index contributed by atoms with van der Waals surface area (Å²) >= 11 is 3.37. The average molecular weight is 1390 g/mol. The number of oxime groups is 3. The van der Waals surface area contributed by atoms with E-state index >= 15 is 0 Å². The molecule has 24 nitrogen and oxygen atoms in total. The second kappa shape index (κ2) is 38.3. The van der Waals surface area contributed by atoms with Crippen LogP contribution in [0.4, 0.5) is 0 Å². The van der Waals surface area contributed by atoms with Crippen molar-refractivity contribution in [1.29, 1.82) is 0 Å². The lowest BCUT2D eigenvalue weighted by atomic mass is 9.97. The predicted octanol–water partition coefficient (Wildman–Crippen LogP) is 5.02. The van der Waals surface area contributed by atoms with E-state index < -0.39 is 85.9 Å². The average Bonchev–Trinajstić information content (AvgIpc) is 2.32. The molecule has 3 aromatic carbocycles. The zero-order chi connectivity index (χ0) is 68.6. The number of carboxylic acids is 2. The first-order valence-electron chi connectivity index (χ1n) is 28.1. The normalized spacial score (nSPS) is 17.3. The predicted molar refractivity (Wildman–Crippen MR) is 344 cm³/mol. The Kier molecular flexibility index (Phi) is 33.4. The minimum atomic E-state index is -3.81. The van der Waals surface area contributed by atoms with Gasteiger partial charge in [-0.1, -0.05) is 97.4 Å². The number of ether oxygens (including phenoxy) is 2. The molecule has 0 saturated carbocycles. The largest absolute Gasteiger partial charge is 0.480 e. The number of aliphatic hydroxyl groups excluding tert-OH is 4. The molecule has 0 radical (unpaired) electrons. The Morgan fingerprint density at radius 3 is 1.11 bits per heavy atom. The molecule has 0 spiro atoms. The van der Waals surface area contributed by atoms with Crippen LogP contribution >= 0.6 is 15.9 Å². The van der Waals surface area contributed by atoms with Crippen molar-refractivity contribution >= 4 is 86.5 Å². The van der Waals surface area contributed by atoms with Gasteiger partial charge in [-0.15, -0.1) is 12.3 Å². The number of aliphatic carboxylic acids is 2. The van der Waals surface area contributed by atoms with E-state index in [9.17, 15) is 49.5 Å². The maximum absolute atomic E-state index is 12.3. The van der Waals surface area contributed by atoms with Crippen LogP contribution in [0.1, 0.15) is 127 Å². The van der Waals surface area contributed by atoms with Crippen LogP contribution in [0.2, 0.25) is 0 Å². The Morgan fingerprint density at radius 2 is 0.846 bits per heavy atom. The van der Waals surface area contributed by atoms with Gasteiger partial charge in [0.25, 0.3) is 0 Å². The number of sulfone groups is 3. The second-order valence-electron chi connectivity index (χ2n) is 20.7. The molecule has 0 bridgehead atoms. The molecule has 28 heteroatoms. The van der Waals surface area contributed by atoms with Gasteiger partial charge in [-0.2, -0.15) is 0 Å². The molecule has 496 valence electrons. The molecular weight excluding hydrogens is 1310 g/mol. The van der Waals surface area contributed by atoms with E-state index in [-0.39, 0.29) is 65.3 Å². The first-order chi connectivity index (χ1) is 42.7. The smallest absolute Gasteiger partial charge is 0.381 e. The summed E-state index contributed by atoms with van der Waals surface area (Å²) in [6.07, 6.45) is 8.51. The van der Waals surface area contributed by atoms with E-state index in [2.05, 4.69) is 66.9 Å². The number of esters is 2. The van der Waals surface area contributed by atoms with Crippen LogP contribution in [0, 0.1) is 47.9 Å². The van der Waals surface area contributed by atoms with Crippen molar-refractivity contribution in [2.24, 2.45) is 15.5 Å². The van der Waals surface area contributed by atoms with Crippen molar-refractivity contribution in [1.82, 2.24) is 0 Å². The van der Waals surface area contributed by atoms with Gasteiger partial charge in [0, 0.05) is 104 Å². The third kappa shape index (κ3) is 25.5. The molecule has 0 aliphatic carbocycles. The number of hydrogen-bond acceptors (Lipinski definition) is 22. The number of aliphatic hydroxyl groups is 4. The molecule has 3 aromatic rings. The van der Waals surface area contributed by atoms with Crippen molar-refractivity contribution in [2.45, 2.75) is 131 Å². The molecule has 0 aromatic heterocycles. The molecule has 0 fully saturated rings. The van der Waals surface area contributed by atoms with Gasteiger partial charge in [0.1, 0.15) is 18.3 Å². The van der Waals surface area contributed by atoms with Crippen molar-refractivity contribution in [3.63, 3.8) is 0 Å². The van der Waals surface area contributed by atoms with Gasteiger partial charge in [-0.25, -0.2) is 30.0 Å². The van der Waals surface area contributed by atoms with E-state index in [1.807, 2.05) is 78.7 Å². The van der Waals surface area contributed by atoms with Crippen LogP contribution in [-0.2, 0) is 72.7 Å². The summed E-state index contributed by atoms with van der Waals surface area (Å²) in [7, 11) is -11.2. The van der Waals surface area contributed by atoms with Crippen molar-refractivity contribution in [2.75, 3.05) is 58.4 Å². The summed E-state index contributed by atoms with van der Waals surface area (Å²) in [4.78, 5) is 61.6. The maximum Gasteiger partial charge on any atom is 0.381 e.